The number of rotatable bonds is 7. The van der Waals surface area contributed by atoms with Gasteiger partial charge in [-0.1, -0.05) is 26.7 Å². The summed E-state index contributed by atoms with van der Waals surface area (Å²) >= 11 is 0. The standard InChI is InChI=1S/C15H25FN2O2S/c1-10(2)6-5-7-11(3)18-21(19,20)15-9-13(17)8-14(16)12(15)4/h8-11,18H,5-7,17H2,1-4H3. The fourth-order valence-electron chi connectivity index (χ4n) is 2.17. The second-order valence-corrected chi connectivity index (χ2v) is 7.66. The zero-order valence-corrected chi connectivity index (χ0v) is 13.9. The van der Waals surface area contributed by atoms with Crippen LogP contribution < -0.4 is 10.5 Å². The van der Waals surface area contributed by atoms with Gasteiger partial charge in [0.25, 0.3) is 0 Å². The van der Waals surface area contributed by atoms with Gasteiger partial charge in [-0.25, -0.2) is 17.5 Å². The van der Waals surface area contributed by atoms with E-state index in [2.05, 4.69) is 18.6 Å². The lowest BCUT2D eigenvalue weighted by atomic mass is 10.0. The fraction of sp³-hybridized carbons (Fsp3) is 0.600. The predicted octanol–water partition coefficient (Wildman–Crippen LogP) is 3.21. The summed E-state index contributed by atoms with van der Waals surface area (Å²) < 4.78 is 40.9. The van der Waals surface area contributed by atoms with Gasteiger partial charge >= 0.3 is 0 Å². The molecule has 0 aliphatic heterocycles. The lowest BCUT2D eigenvalue weighted by Crippen LogP contribution is -2.33. The maximum atomic E-state index is 13.6. The van der Waals surface area contributed by atoms with E-state index < -0.39 is 15.8 Å². The second-order valence-electron chi connectivity index (χ2n) is 5.97. The molecule has 1 unspecified atom stereocenters. The molecule has 6 heteroatoms. The van der Waals surface area contributed by atoms with Gasteiger partial charge in [-0.15, -0.1) is 0 Å². The van der Waals surface area contributed by atoms with E-state index in [4.69, 9.17) is 5.73 Å². The normalized spacial score (nSPS) is 13.6. The van der Waals surface area contributed by atoms with Crippen LogP contribution in [-0.2, 0) is 10.0 Å². The van der Waals surface area contributed by atoms with Crippen LogP contribution in [0.25, 0.3) is 0 Å². The Morgan fingerprint density at radius 1 is 1.24 bits per heavy atom. The van der Waals surface area contributed by atoms with E-state index in [1.807, 2.05) is 6.92 Å². The maximum Gasteiger partial charge on any atom is 0.241 e. The molecule has 0 saturated carbocycles. The van der Waals surface area contributed by atoms with Crippen molar-refractivity contribution in [3.8, 4) is 0 Å². The largest absolute Gasteiger partial charge is 0.399 e. The van der Waals surface area contributed by atoms with Gasteiger partial charge in [0.1, 0.15) is 5.82 Å². The fourth-order valence-corrected chi connectivity index (χ4v) is 3.74. The molecule has 0 heterocycles. The molecule has 21 heavy (non-hydrogen) atoms. The van der Waals surface area contributed by atoms with Crippen LogP contribution in [-0.4, -0.2) is 14.5 Å². The number of halogens is 1. The van der Waals surface area contributed by atoms with Crippen LogP contribution in [0.3, 0.4) is 0 Å². The molecular weight excluding hydrogens is 291 g/mol. The van der Waals surface area contributed by atoms with Crippen molar-refractivity contribution in [1.29, 1.82) is 0 Å². The third-order valence-electron chi connectivity index (χ3n) is 3.38. The monoisotopic (exact) mass is 316 g/mol. The van der Waals surface area contributed by atoms with E-state index >= 15 is 0 Å². The van der Waals surface area contributed by atoms with Gasteiger partial charge < -0.3 is 5.73 Å². The van der Waals surface area contributed by atoms with Gasteiger partial charge in [0.15, 0.2) is 0 Å². The van der Waals surface area contributed by atoms with Crippen molar-refractivity contribution >= 4 is 15.7 Å². The number of benzene rings is 1. The van der Waals surface area contributed by atoms with Gasteiger partial charge in [0, 0.05) is 17.3 Å². The first-order valence-electron chi connectivity index (χ1n) is 7.21. The number of nitrogen functional groups attached to an aromatic ring is 1. The summed E-state index contributed by atoms with van der Waals surface area (Å²) in [6.07, 6.45) is 2.75. The Kier molecular flexibility index (Phi) is 6.16. The van der Waals surface area contributed by atoms with Crippen LogP contribution in [0.1, 0.15) is 45.6 Å². The molecule has 0 fully saturated rings. The van der Waals surface area contributed by atoms with Crippen LogP contribution in [0.15, 0.2) is 17.0 Å². The Morgan fingerprint density at radius 3 is 2.43 bits per heavy atom. The molecule has 3 N–H and O–H groups in total. The summed E-state index contributed by atoms with van der Waals surface area (Å²) in [5, 5.41) is 0. The topological polar surface area (TPSA) is 72.2 Å². The third-order valence-corrected chi connectivity index (χ3v) is 5.10. The molecule has 0 bridgehead atoms. The summed E-state index contributed by atoms with van der Waals surface area (Å²) in [5.41, 5.74) is 5.73. The highest BCUT2D eigenvalue weighted by molar-refractivity contribution is 7.89. The summed E-state index contributed by atoms with van der Waals surface area (Å²) in [6.45, 7) is 7.52. The molecule has 0 amide bonds. The van der Waals surface area contributed by atoms with Crippen molar-refractivity contribution in [2.75, 3.05) is 5.73 Å². The summed E-state index contributed by atoms with van der Waals surface area (Å²) in [7, 11) is -3.76. The Hall–Kier alpha value is -1.14. The van der Waals surface area contributed by atoms with E-state index in [0.29, 0.717) is 5.92 Å². The molecule has 0 saturated heterocycles. The molecule has 120 valence electrons. The Morgan fingerprint density at radius 2 is 1.86 bits per heavy atom. The van der Waals surface area contributed by atoms with Crippen molar-refractivity contribution in [2.24, 2.45) is 5.92 Å². The van der Waals surface area contributed by atoms with Crippen LogP contribution in [0.2, 0.25) is 0 Å². The number of nitrogens with two attached hydrogens (primary N) is 1. The molecular formula is C15H25FN2O2S. The molecule has 0 aliphatic carbocycles. The van der Waals surface area contributed by atoms with Crippen LogP contribution in [0, 0.1) is 18.7 Å². The van der Waals surface area contributed by atoms with Crippen molar-refractivity contribution < 1.29 is 12.8 Å². The molecule has 1 aromatic rings. The number of hydrogen-bond donors (Lipinski definition) is 2. The first kappa shape index (κ1) is 17.9. The van der Waals surface area contributed by atoms with Crippen LogP contribution in [0.5, 0.6) is 0 Å². The average Bonchev–Trinajstić information content (AvgIpc) is 2.32. The molecule has 0 radical (unpaired) electrons. The number of anilines is 1. The number of hydrogen-bond acceptors (Lipinski definition) is 3. The van der Waals surface area contributed by atoms with Gasteiger partial charge in [-0.3, -0.25) is 0 Å². The van der Waals surface area contributed by atoms with E-state index in [1.165, 1.54) is 13.0 Å². The second kappa shape index (κ2) is 7.22. The smallest absolute Gasteiger partial charge is 0.241 e. The van der Waals surface area contributed by atoms with Crippen molar-refractivity contribution in [3.05, 3.63) is 23.5 Å². The van der Waals surface area contributed by atoms with E-state index in [0.717, 1.165) is 25.3 Å². The number of nitrogens with one attached hydrogen (secondary N) is 1. The van der Waals surface area contributed by atoms with Gasteiger partial charge in [-0.2, -0.15) is 0 Å². The van der Waals surface area contributed by atoms with Crippen molar-refractivity contribution in [3.63, 3.8) is 0 Å². The van der Waals surface area contributed by atoms with Gasteiger partial charge in [0.05, 0.1) is 4.90 Å². The molecule has 0 aliphatic rings. The molecule has 0 spiro atoms. The minimum atomic E-state index is -3.76. The van der Waals surface area contributed by atoms with Gasteiger partial charge in [-0.05, 0) is 38.3 Å². The van der Waals surface area contributed by atoms with Gasteiger partial charge in [0.2, 0.25) is 10.0 Å². The number of sulfonamides is 1. The van der Waals surface area contributed by atoms with E-state index in [1.54, 1.807) is 0 Å². The lowest BCUT2D eigenvalue weighted by Gasteiger charge is -2.16. The Bertz CT molecular complexity index is 586. The van der Waals surface area contributed by atoms with E-state index in [-0.39, 0.29) is 22.2 Å². The van der Waals surface area contributed by atoms with Crippen molar-refractivity contribution in [1.82, 2.24) is 4.72 Å². The first-order valence-corrected chi connectivity index (χ1v) is 8.69. The summed E-state index contributed by atoms with van der Waals surface area (Å²) in [6, 6.07) is 2.22. The molecule has 1 atom stereocenters. The first-order chi connectivity index (χ1) is 9.63. The molecule has 0 aromatic heterocycles. The molecule has 1 aromatic carbocycles. The zero-order valence-electron chi connectivity index (χ0n) is 13.1. The van der Waals surface area contributed by atoms with Crippen LogP contribution in [0.4, 0.5) is 10.1 Å². The highest BCUT2D eigenvalue weighted by atomic mass is 32.2. The Labute approximate surface area is 127 Å². The quantitative estimate of drug-likeness (QED) is 0.759. The maximum absolute atomic E-state index is 13.6. The SMILES string of the molecule is Cc1c(F)cc(N)cc1S(=O)(=O)NC(C)CCCC(C)C. The molecule has 4 nitrogen and oxygen atoms in total. The predicted molar refractivity (Wildman–Crippen MR) is 84.0 cm³/mol. The lowest BCUT2D eigenvalue weighted by molar-refractivity contribution is 0.488. The summed E-state index contributed by atoms with van der Waals surface area (Å²) in [5.74, 6) is -0.0121. The minimum Gasteiger partial charge on any atom is -0.399 e. The van der Waals surface area contributed by atoms with Crippen LogP contribution >= 0.6 is 0 Å². The third kappa shape index (κ3) is 5.28. The Balaban J connectivity index is 2.82. The highest BCUT2D eigenvalue weighted by Gasteiger charge is 2.21. The highest BCUT2D eigenvalue weighted by Crippen LogP contribution is 2.22. The average molecular weight is 316 g/mol. The van der Waals surface area contributed by atoms with Crippen molar-refractivity contribution in [2.45, 2.75) is 57.9 Å². The zero-order chi connectivity index (χ0) is 16.2. The minimum absolute atomic E-state index is 0.0873. The van der Waals surface area contributed by atoms with E-state index in [9.17, 15) is 12.8 Å². The molecule has 1 rings (SSSR count). The summed E-state index contributed by atoms with van der Waals surface area (Å²) in [4.78, 5) is -0.0873.